The number of carbonyl (C=O) groups excluding carboxylic acids is 2. The molecule has 0 unspecified atom stereocenters. The van der Waals surface area contributed by atoms with Gasteiger partial charge in [0.05, 0.1) is 12.4 Å². The Balaban J connectivity index is 2.62. The van der Waals surface area contributed by atoms with Gasteiger partial charge in [0.15, 0.2) is 0 Å². The molecule has 1 heterocycles. The van der Waals surface area contributed by atoms with Crippen molar-refractivity contribution in [3.63, 3.8) is 0 Å². The number of amides is 2. The van der Waals surface area contributed by atoms with Crippen molar-refractivity contribution in [2.24, 2.45) is 11.5 Å². The van der Waals surface area contributed by atoms with Crippen LogP contribution in [0.4, 0.5) is 0 Å². The summed E-state index contributed by atoms with van der Waals surface area (Å²) in [6.45, 7) is 1.53. The second-order valence-electron chi connectivity index (χ2n) is 3.53. The lowest BCUT2D eigenvalue weighted by molar-refractivity contribution is -0.127. The largest absolute Gasteiger partial charge is 0.368 e. The summed E-state index contributed by atoms with van der Waals surface area (Å²) in [6.07, 6.45) is 3.32. The zero-order valence-corrected chi connectivity index (χ0v) is 8.93. The van der Waals surface area contributed by atoms with E-state index in [1.807, 2.05) is 0 Å². The summed E-state index contributed by atoms with van der Waals surface area (Å²) in [5.41, 5.74) is 11.3. The quantitative estimate of drug-likeness (QED) is 0.474. The summed E-state index contributed by atoms with van der Waals surface area (Å²) in [6, 6.07) is -1.46. The number of nitrogens with zero attached hydrogens (tertiary/aromatic N) is 1. The van der Waals surface area contributed by atoms with E-state index < -0.39 is 23.9 Å². The highest BCUT2D eigenvalue weighted by atomic mass is 16.2. The Morgan fingerprint density at radius 2 is 2.31 bits per heavy atom. The molecule has 1 aromatic heterocycles. The second kappa shape index (κ2) is 5.26. The number of hydrogen-bond acceptors (Lipinski definition) is 4. The van der Waals surface area contributed by atoms with E-state index in [4.69, 9.17) is 11.5 Å². The van der Waals surface area contributed by atoms with Gasteiger partial charge in [0.2, 0.25) is 11.8 Å². The fraction of sp³-hybridized carbons (Fsp3) is 0.444. The normalized spacial score (nSPS) is 14.1. The van der Waals surface area contributed by atoms with Crippen LogP contribution in [0, 0.1) is 0 Å². The monoisotopic (exact) mass is 225 g/mol. The molecule has 0 bridgehead atoms. The summed E-state index contributed by atoms with van der Waals surface area (Å²) in [5.74, 6) is -1.02. The second-order valence-corrected chi connectivity index (χ2v) is 3.53. The number of H-pyrrole nitrogens is 1. The Morgan fingerprint density at radius 3 is 2.75 bits per heavy atom. The number of nitrogens with one attached hydrogen (secondary N) is 2. The van der Waals surface area contributed by atoms with Gasteiger partial charge in [0.25, 0.3) is 0 Å². The van der Waals surface area contributed by atoms with Crippen molar-refractivity contribution in [2.75, 3.05) is 0 Å². The molecule has 0 radical (unpaired) electrons. The third kappa shape index (κ3) is 3.35. The minimum Gasteiger partial charge on any atom is -0.368 e. The molecule has 0 aliphatic rings. The number of carbonyl (C=O) groups is 2. The molecule has 2 amide bonds. The van der Waals surface area contributed by atoms with Gasteiger partial charge in [-0.15, -0.1) is 0 Å². The van der Waals surface area contributed by atoms with Crippen LogP contribution in [-0.4, -0.2) is 33.9 Å². The SMILES string of the molecule is C[C@H](N)C(=O)N[C@@H](Cc1cnc[nH]1)C(N)=O. The fourth-order valence-electron chi connectivity index (χ4n) is 1.14. The maximum absolute atomic E-state index is 11.3. The number of hydrogen-bond donors (Lipinski definition) is 4. The van der Waals surface area contributed by atoms with E-state index in [0.717, 1.165) is 0 Å². The molecule has 2 atom stereocenters. The Hall–Kier alpha value is -1.89. The van der Waals surface area contributed by atoms with Crippen LogP contribution in [0.5, 0.6) is 0 Å². The van der Waals surface area contributed by atoms with Crippen LogP contribution >= 0.6 is 0 Å². The molecule has 7 heteroatoms. The van der Waals surface area contributed by atoms with Gasteiger partial charge in [-0.05, 0) is 6.92 Å². The van der Waals surface area contributed by atoms with Gasteiger partial charge in [-0.3, -0.25) is 9.59 Å². The van der Waals surface area contributed by atoms with Crippen molar-refractivity contribution in [3.8, 4) is 0 Å². The van der Waals surface area contributed by atoms with Crippen LogP contribution in [0.15, 0.2) is 12.5 Å². The maximum Gasteiger partial charge on any atom is 0.240 e. The van der Waals surface area contributed by atoms with Crippen LogP contribution in [0.2, 0.25) is 0 Å². The van der Waals surface area contributed by atoms with E-state index in [-0.39, 0.29) is 6.42 Å². The lowest BCUT2D eigenvalue weighted by Crippen LogP contribution is -2.50. The highest BCUT2D eigenvalue weighted by molar-refractivity contribution is 5.88. The zero-order valence-electron chi connectivity index (χ0n) is 8.93. The number of rotatable bonds is 5. The van der Waals surface area contributed by atoms with Gasteiger partial charge in [-0.25, -0.2) is 4.98 Å². The molecule has 6 N–H and O–H groups in total. The first-order chi connectivity index (χ1) is 7.50. The molecule has 7 nitrogen and oxygen atoms in total. The van der Waals surface area contributed by atoms with Crippen molar-refractivity contribution in [1.29, 1.82) is 0 Å². The lowest BCUT2D eigenvalue weighted by atomic mass is 10.1. The standard InChI is InChI=1S/C9H15N5O2/c1-5(10)9(16)14-7(8(11)15)2-6-3-12-4-13-6/h3-5,7H,2,10H2,1H3,(H2,11,15)(H,12,13)(H,14,16)/t5-,7-/m0/s1. The summed E-state index contributed by atoms with van der Waals surface area (Å²) < 4.78 is 0. The molecule has 0 saturated heterocycles. The first-order valence-corrected chi connectivity index (χ1v) is 4.83. The highest BCUT2D eigenvalue weighted by Gasteiger charge is 2.20. The number of nitrogens with two attached hydrogens (primary N) is 2. The van der Waals surface area contributed by atoms with Gasteiger partial charge in [-0.1, -0.05) is 0 Å². The third-order valence-corrected chi connectivity index (χ3v) is 2.05. The topological polar surface area (TPSA) is 127 Å². The molecule has 0 spiro atoms. The van der Waals surface area contributed by atoms with E-state index in [2.05, 4.69) is 15.3 Å². The van der Waals surface area contributed by atoms with E-state index in [0.29, 0.717) is 5.69 Å². The Labute approximate surface area is 92.6 Å². The van der Waals surface area contributed by atoms with Crippen molar-refractivity contribution in [3.05, 3.63) is 18.2 Å². The molecule has 1 aromatic rings. The molecule has 0 aliphatic heterocycles. The van der Waals surface area contributed by atoms with Gasteiger partial charge in [0.1, 0.15) is 6.04 Å². The average molecular weight is 225 g/mol. The van der Waals surface area contributed by atoms with E-state index >= 15 is 0 Å². The zero-order chi connectivity index (χ0) is 12.1. The third-order valence-electron chi connectivity index (χ3n) is 2.05. The van der Waals surface area contributed by atoms with Gasteiger partial charge in [0, 0.05) is 18.3 Å². The summed E-state index contributed by atoms with van der Waals surface area (Å²) >= 11 is 0. The van der Waals surface area contributed by atoms with Crippen LogP contribution in [0.3, 0.4) is 0 Å². The Bertz CT molecular complexity index is 360. The first-order valence-electron chi connectivity index (χ1n) is 4.83. The molecule has 0 aliphatic carbocycles. The molecule has 0 saturated carbocycles. The van der Waals surface area contributed by atoms with E-state index in [9.17, 15) is 9.59 Å². The fourth-order valence-corrected chi connectivity index (χ4v) is 1.14. The molecule has 0 fully saturated rings. The predicted octanol–water partition coefficient (Wildman–Crippen LogP) is -1.73. The minimum atomic E-state index is -0.779. The lowest BCUT2D eigenvalue weighted by Gasteiger charge is -2.15. The van der Waals surface area contributed by atoms with Gasteiger partial charge in [-0.2, -0.15) is 0 Å². The molecule has 1 rings (SSSR count). The number of primary amides is 1. The van der Waals surface area contributed by atoms with Crippen molar-refractivity contribution in [1.82, 2.24) is 15.3 Å². The van der Waals surface area contributed by atoms with Gasteiger partial charge < -0.3 is 21.8 Å². The molecular weight excluding hydrogens is 210 g/mol. The van der Waals surface area contributed by atoms with E-state index in [1.54, 1.807) is 6.20 Å². The Morgan fingerprint density at radius 1 is 1.62 bits per heavy atom. The van der Waals surface area contributed by atoms with Crippen molar-refractivity contribution in [2.45, 2.75) is 25.4 Å². The highest BCUT2D eigenvalue weighted by Crippen LogP contribution is 1.98. The van der Waals surface area contributed by atoms with Crippen LogP contribution in [0.1, 0.15) is 12.6 Å². The van der Waals surface area contributed by atoms with Crippen molar-refractivity contribution >= 4 is 11.8 Å². The summed E-state index contributed by atoms with van der Waals surface area (Å²) in [7, 11) is 0. The minimum absolute atomic E-state index is 0.272. The summed E-state index contributed by atoms with van der Waals surface area (Å²) in [4.78, 5) is 29.1. The number of imidazole rings is 1. The van der Waals surface area contributed by atoms with Crippen LogP contribution in [0.25, 0.3) is 0 Å². The van der Waals surface area contributed by atoms with Gasteiger partial charge >= 0.3 is 0 Å². The molecule has 16 heavy (non-hydrogen) atoms. The molecular formula is C9H15N5O2. The number of aromatic nitrogens is 2. The van der Waals surface area contributed by atoms with Crippen molar-refractivity contribution < 1.29 is 9.59 Å². The first kappa shape index (κ1) is 12.2. The number of aromatic amines is 1. The maximum atomic E-state index is 11.3. The molecule has 0 aromatic carbocycles. The average Bonchev–Trinajstić information content (AvgIpc) is 2.68. The van der Waals surface area contributed by atoms with Crippen LogP contribution < -0.4 is 16.8 Å². The van der Waals surface area contributed by atoms with Crippen LogP contribution in [-0.2, 0) is 16.0 Å². The van der Waals surface area contributed by atoms with E-state index in [1.165, 1.54) is 13.3 Å². The Kier molecular flexibility index (Phi) is 4.01. The predicted molar refractivity (Wildman–Crippen MR) is 57.1 cm³/mol. The molecule has 88 valence electrons. The smallest absolute Gasteiger partial charge is 0.240 e. The summed E-state index contributed by atoms with van der Waals surface area (Å²) in [5, 5.41) is 2.47.